The highest BCUT2D eigenvalue weighted by atomic mass is 79.9. The van der Waals surface area contributed by atoms with Crippen molar-refractivity contribution in [3.8, 4) is 0 Å². The zero-order valence-corrected chi connectivity index (χ0v) is 13.7. The van der Waals surface area contributed by atoms with E-state index in [4.69, 9.17) is 9.79 Å². The Labute approximate surface area is 128 Å². The average molecular weight is 387 g/mol. The SMILES string of the molecule is O=P(O)(O)C(F)(F)c1ccc(CSCC2CC2)cc1Br. The molecule has 0 radical (unpaired) electrons. The van der Waals surface area contributed by atoms with Crippen molar-refractivity contribution in [3.63, 3.8) is 0 Å². The van der Waals surface area contributed by atoms with Crippen LogP contribution in [0.5, 0.6) is 0 Å². The van der Waals surface area contributed by atoms with Crippen LogP contribution in [0.2, 0.25) is 0 Å². The molecule has 0 aromatic heterocycles. The van der Waals surface area contributed by atoms with Crippen molar-refractivity contribution in [2.24, 2.45) is 5.92 Å². The molecule has 8 heteroatoms. The van der Waals surface area contributed by atoms with Crippen LogP contribution in [0.3, 0.4) is 0 Å². The molecule has 1 fully saturated rings. The Hall–Kier alpha value is 0.0600. The van der Waals surface area contributed by atoms with E-state index in [1.165, 1.54) is 25.0 Å². The maximum atomic E-state index is 13.6. The first kappa shape index (κ1) is 16.4. The second-order valence-corrected chi connectivity index (χ2v) is 8.39. The number of benzene rings is 1. The predicted octanol–water partition coefficient (Wildman–Crippen LogP) is 4.32. The molecule has 3 nitrogen and oxygen atoms in total. The second kappa shape index (κ2) is 6.05. The quantitative estimate of drug-likeness (QED) is 0.714. The van der Waals surface area contributed by atoms with Gasteiger partial charge in [0.15, 0.2) is 0 Å². The first-order valence-corrected chi connectivity index (χ1v) is 9.58. The summed E-state index contributed by atoms with van der Waals surface area (Å²) in [5.41, 5.74) is -4.00. The molecule has 1 aromatic carbocycles. The van der Waals surface area contributed by atoms with Crippen LogP contribution in [0.25, 0.3) is 0 Å². The smallest absolute Gasteiger partial charge is 0.320 e. The summed E-state index contributed by atoms with van der Waals surface area (Å²) < 4.78 is 38.1. The Morgan fingerprint density at radius 2 is 2.05 bits per heavy atom. The molecule has 2 N–H and O–H groups in total. The predicted molar refractivity (Wildman–Crippen MR) is 79.0 cm³/mol. The van der Waals surface area contributed by atoms with Gasteiger partial charge < -0.3 is 9.79 Å². The van der Waals surface area contributed by atoms with Gasteiger partial charge in [-0.15, -0.1) is 0 Å². The molecule has 0 saturated heterocycles. The van der Waals surface area contributed by atoms with Crippen molar-refractivity contribution < 1.29 is 23.1 Å². The molecule has 1 saturated carbocycles. The minimum atomic E-state index is -5.53. The highest BCUT2D eigenvalue weighted by molar-refractivity contribution is 9.10. The van der Waals surface area contributed by atoms with Gasteiger partial charge in [0.25, 0.3) is 0 Å². The highest BCUT2D eigenvalue weighted by Crippen LogP contribution is 2.60. The van der Waals surface area contributed by atoms with Gasteiger partial charge in [-0.2, -0.15) is 20.5 Å². The molecule has 0 amide bonds. The molecule has 1 aromatic rings. The Morgan fingerprint density at radius 3 is 2.55 bits per heavy atom. The topological polar surface area (TPSA) is 57.5 Å². The van der Waals surface area contributed by atoms with Crippen LogP contribution >= 0.6 is 35.3 Å². The standard InChI is InChI=1S/C12H14BrF2O3PS/c13-11-5-9(7-20-6-8-1-2-8)3-4-10(11)12(14,15)19(16,17)18/h3-5,8H,1-2,6-7H2,(H2,16,17,18). The summed E-state index contributed by atoms with van der Waals surface area (Å²) in [5.74, 6) is 2.57. The number of rotatable bonds is 6. The minimum Gasteiger partial charge on any atom is -0.320 e. The molecule has 1 aliphatic carbocycles. The van der Waals surface area contributed by atoms with E-state index < -0.39 is 18.8 Å². The third kappa shape index (κ3) is 3.83. The normalized spacial score (nSPS) is 16.4. The zero-order valence-electron chi connectivity index (χ0n) is 10.4. The first-order valence-electron chi connectivity index (χ1n) is 6.02. The summed E-state index contributed by atoms with van der Waals surface area (Å²) in [6, 6.07) is 4.07. The molecule has 20 heavy (non-hydrogen) atoms. The third-order valence-electron chi connectivity index (χ3n) is 3.04. The van der Waals surface area contributed by atoms with E-state index in [0.29, 0.717) is 5.75 Å². The van der Waals surface area contributed by atoms with Crippen molar-refractivity contribution in [2.45, 2.75) is 24.3 Å². The lowest BCUT2D eigenvalue weighted by atomic mass is 10.1. The average Bonchev–Trinajstić information content (AvgIpc) is 3.11. The summed E-state index contributed by atoms with van der Waals surface area (Å²) in [7, 11) is -5.53. The minimum absolute atomic E-state index is 0.0235. The van der Waals surface area contributed by atoms with E-state index in [1.54, 1.807) is 11.8 Å². The van der Waals surface area contributed by atoms with Crippen LogP contribution in [0, 0.1) is 5.92 Å². The molecule has 0 aliphatic heterocycles. The number of alkyl halides is 2. The fourth-order valence-electron chi connectivity index (χ4n) is 1.68. The van der Waals surface area contributed by atoms with Crippen LogP contribution in [-0.4, -0.2) is 15.5 Å². The zero-order chi connectivity index (χ0) is 15.0. The van der Waals surface area contributed by atoms with Gasteiger partial charge in [-0.25, -0.2) is 0 Å². The maximum Gasteiger partial charge on any atom is 0.399 e. The molecule has 1 aliphatic rings. The lowest BCUT2D eigenvalue weighted by molar-refractivity contribution is 0.0557. The lowest BCUT2D eigenvalue weighted by Gasteiger charge is -2.19. The van der Waals surface area contributed by atoms with Gasteiger partial charge in [-0.1, -0.05) is 28.1 Å². The van der Waals surface area contributed by atoms with Crippen LogP contribution in [0.4, 0.5) is 8.78 Å². The van der Waals surface area contributed by atoms with Gasteiger partial charge in [-0.3, -0.25) is 4.57 Å². The van der Waals surface area contributed by atoms with Crippen molar-refractivity contribution in [3.05, 3.63) is 33.8 Å². The third-order valence-corrected chi connectivity index (χ3v) is 5.92. The number of halogens is 3. The number of hydrogen-bond donors (Lipinski definition) is 2. The molecule has 0 spiro atoms. The highest BCUT2D eigenvalue weighted by Gasteiger charge is 2.51. The van der Waals surface area contributed by atoms with Crippen LogP contribution in [-0.2, 0) is 16.0 Å². The fourth-order valence-corrected chi connectivity index (χ4v) is 4.21. The summed E-state index contributed by atoms with van der Waals surface area (Å²) >= 11 is 4.72. The fraction of sp³-hybridized carbons (Fsp3) is 0.500. The van der Waals surface area contributed by atoms with Crippen LogP contribution in [0.15, 0.2) is 22.7 Å². The van der Waals surface area contributed by atoms with E-state index in [2.05, 4.69) is 15.9 Å². The molecule has 0 atom stereocenters. The molecular weight excluding hydrogens is 373 g/mol. The van der Waals surface area contributed by atoms with Crippen molar-refractivity contribution >= 4 is 35.3 Å². The van der Waals surface area contributed by atoms with Gasteiger partial charge in [0.05, 0.1) is 0 Å². The summed E-state index contributed by atoms with van der Waals surface area (Å²) in [5, 5.41) is 0. The summed E-state index contributed by atoms with van der Waals surface area (Å²) in [6.07, 6.45) is 2.54. The monoisotopic (exact) mass is 386 g/mol. The Balaban J connectivity index is 2.10. The van der Waals surface area contributed by atoms with E-state index in [0.717, 1.165) is 23.3 Å². The number of hydrogen-bond acceptors (Lipinski definition) is 2. The summed E-state index contributed by atoms with van der Waals surface area (Å²) in [4.78, 5) is 17.5. The maximum absolute atomic E-state index is 13.6. The molecule has 0 unspecified atom stereocenters. The number of thioether (sulfide) groups is 1. The van der Waals surface area contributed by atoms with Gasteiger partial charge in [0, 0.05) is 15.8 Å². The Kier molecular flexibility index (Phi) is 4.97. The lowest BCUT2D eigenvalue weighted by Crippen LogP contribution is -2.14. The molecule has 2 rings (SSSR count). The van der Waals surface area contributed by atoms with Gasteiger partial charge in [0.2, 0.25) is 0 Å². The van der Waals surface area contributed by atoms with Gasteiger partial charge in [0.1, 0.15) is 0 Å². The van der Waals surface area contributed by atoms with Crippen molar-refractivity contribution in [2.75, 3.05) is 5.75 Å². The van der Waals surface area contributed by atoms with E-state index >= 15 is 0 Å². The molecule has 0 heterocycles. The van der Waals surface area contributed by atoms with E-state index in [9.17, 15) is 13.3 Å². The van der Waals surface area contributed by atoms with E-state index in [-0.39, 0.29) is 4.47 Å². The molecule has 112 valence electrons. The second-order valence-electron chi connectivity index (χ2n) is 4.86. The van der Waals surface area contributed by atoms with E-state index in [1.807, 2.05) is 0 Å². The van der Waals surface area contributed by atoms with Gasteiger partial charge >= 0.3 is 13.3 Å². The van der Waals surface area contributed by atoms with Crippen LogP contribution < -0.4 is 0 Å². The summed E-state index contributed by atoms with van der Waals surface area (Å²) in [6.45, 7) is 0. The van der Waals surface area contributed by atoms with Crippen LogP contribution in [0.1, 0.15) is 24.0 Å². The van der Waals surface area contributed by atoms with Crippen molar-refractivity contribution in [1.82, 2.24) is 0 Å². The molecule has 0 bridgehead atoms. The van der Waals surface area contributed by atoms with Gasteiger partial charge in [-0.05, 0) is 36.1 Å². The Bertz CT molecular complexity index is 546. The first-order chi connectivity index (χ1) is 9.22. The largest absolute Gasteiger partial charge is 0.399 e. The van der Waals surface area contributed by atoms with Crippen molar-refractivity contribution in [1.29, 1.82) is 0 Å². The molecular formula is C12H14BrF2O3PS. The Morgan fingerprint density at radius 1 is 1.40 bits per heavy atom.